The molecule has 5 heterocycles. The Labute approximate surface area is 228 Å². The summed E-state index contributed by atoms with van der Waals surface area (Å²) in [5.74, 6) is 1.45. The highest BCUT2D eigenvalue weighted by molar-refractivity contribution is 5.88. The van der Waals surface area contributed by atoms with Gasteiger partial charge in [0.1, 0.15) is 29.7 Å². The molecule has 2 bridgehead atoms. The molecule has 0 spiro atoms. The number of carbonyl (C=O) groups excluding carboxylic acids is 1. The van der Waals surface area contributed by atoms with Gasteiger partial charge in [0, 0.05) is 42.0 Å². The SMILES string of the molecule is C=CC(=O)N1C[C@@H]2C[C@H]1CC2c1ccc2ncnc(Nc3ccc(Oc4ccn5ncnc5c4)c(C)c3F)c2n1. The topological polar surface area (TPSA) is 110 Å². The molecule has 1 unspecified atom stereocenters. The first-order chi connectivity index (χ1) is 19.5. The van der Waals surface area contributed by atoms with Gasteiger partial charge in [-0.2, -0.15) is 5.10 Å². The van der Waals surface area contributed by atoms with Crippen molar-refractivity contribution in [3.63, 3.8) is 0 Å². The van der Waals surface area contributed by atoms with Gasteiger partial charge in [-0.25, -0.2) is 28.8 Å². The van der Waals surface area contributed by atoms with Gasteiger partial charge in [-0.1, -0.05) is 6.58 Å². The Kier molecular flexibility index (Phi) is 5.65. The van der Waals surface area contributed by atoms with Crippen LogP contribution in [0.2, 0.25) is 0 Å². The predicted molar refractivity (Wildman–Crippen MR) is 146 cm³/mol. The van der Waals surface area contributed by atoms with Crippen LogP contribution in [0.15, 0.2) is 67.9 Å². The first-order valence-electron chi connectivity index (χ1n) is 13.1. The van der Waals surface area contributed by atoms with Gasteiger partial charge in [-0.3, -0.25) is 4.79 Å². The smallest absolute Gasteiger partial charge is 0.246 e. The van der Waals surface area contributed by atoms with Crippen molar-refractivity contribution in [2.75, 3.05) is 11.9 Å². The molecule has 1 aliphatic carbocycles. The minimum Gasteiger partial charge on any atom is -0.457 e. The van der Waals surface area contributed by atoms with Crippen LogP contribution < -0.4 is 10.1 Å². The predicted octanol–water partition coefficient (Wildman–Crippen LogP) is 4.94. The van der Waals surface area contributed by atoms with Crippen LogP contribution in [0.3, 0.4) is 0 Å². The summed E-state index contributed by atoms with van der Waals surface area (Å²) in [6.45, 7) is 6.00. The molecule has 0 radical (unpaired) electrons. The van der Waals surface area contributed by atoms with Crippen LogP contribution >= 0.6 is 0 Å². The monoisotopic (exact) mass is 536 g/mol. The van der Waals surface area contributed by atoms with E-state index in [1.807, 2.05) is 17.0 Å². The molecule has 10 nitrogen and oxygen atoms in total. The molecule has 1 aliphatic heterocycles. The van der Waals surface area contributed by atoms with Gasteiger partial charge in [-0.05, 0) is 62.1 Å². The quantitative estimate of drug-likeness (QED) is 0.304. The number of hydrogen-bond donors (Lipinski definition) is 1. The molecule has 5 aromatic rings. The molecule has 1 aromatic carbocycles. The maximum absolute atomic E-state index is 15.5. The zero-order chi connectivity index (χ0) is 27.4. The fourth-order valence-electron chi connectivity index (χ4n) is 5.95. The number of aromatic nitrogens is 6. The van der Waals surface area contributed by atoms with Gasteiger partial charge < -0.3 is 15.0 Å². The van der Waals surface area contributed by atoms with Gasteiger partial charge in [0.25, 0.3) is 0 Å². The largest absolute Gasteiger partial charge is 0.457 e. The number of amides is 1. The molecule has 1 amide bonds. The van der Waals surface area contributed by atoms with E-state index in [4.69, 9.17) is 9.72 Å². The number of fused-ring (bicyclic) bond motifs is 4. The van der Waals surface area contributed by atoms with E-state index in [1.54, 1.807) is 41.9 Å². The zero-order valence-electron chi connectivity index (χ0n) is 21.7. The van der Waals surface area contributed by atoms with Crippen molar-refractivity contribution in [3.8, 4) is 11.5 Å². The molecular weight excluding hydrogens is 511 g/mol. The van der Waals surface area contributed by atoms with E-state index in [2.05, 4.69) is 31.9 Å². The molecule has 1 N–H and O–H groups in total. The van der Waals surface area contributed by atoms with Crippen molar-refractivity contribution in [2.45, 2.75) is 31.7 Å². The van der Waals surface area contributed by atoms with Gasteiger partial charge in [-0.15, -0.1) is 0 Å². The Morgan fingerprint density at radius 3 is 2.88 bits per heavy atom. The van der Waals surface area contributed by atoms with Gasteiger partial charge in [0.2, 0.25) is 5.91 Å². The average Bonchev–Trinajstić information content (AvgIpc) is 3.72. The highest BCUT2D eigenvalue weighted by Crippen LogP contribution is 2.47. The summed E-state index contributed by atoms with van der Waals surface area (Å²) in [4.78, 5) is 31.9. The maximum Gasteiger partial charge on any atom is 0.246 e. The highest BCUT2D eigenvalue weighted by Gasteiger charge is 2.46. The van der Waals surface area contributed by atoms with Crippen LogP contribution in [-0.4, -0.2) is 52.9 Å². The molecule has 7 rings (SSSR count). The molecule has 1 saturated heterocycles. The van der Waals surface area contributed by atoms with Gasteiger partial charge in [0.05, 0.1) is 11.2 Å². The third-order valence-corrected chi connectivity index (χ3v) is 7.95. The van der Waals surface area contributed by atoms with Crippen LogP contribution in [0, 0.1) is 18.7 Å². The molecule has 1 saturated carbocycles. The number of piperidine rings is 1. The van der Waals surface area contributed by atoms with Crippen molar-refractivity contribution < 1.29 is 13.9 Å². The average molecular weight is 537 g/mol. The highest BCUT2D eigenvalue weighted by atomic mass is 19.1. The first-order valence-corrected chi connectivity index (χ1v) is 13.1. The van der Waals surface area contributed by atoms with Gasteiger partial charge >= 0.3 is 0 Å². The van der Waals surface area contributed by atoms with Crippen molar-refractivity contribution in [2.24, 2.45) is 5.92 Å². The van der Waals surface area contributed by atoms with Crippen LogP contribution in [0.4, 0.5) is 15.9 Å². The summed E-state index contributed by atoms with van der Waals surface area (Å²) in [6.07, 6.45) is 7.83. The zero-order valence-corrected chi connectivity index (χ0v) is 21.7. The van der Waals surface area contributed by atoms with E-state index < -0.39 is 5.82 Å². The first kappa shape index (κ1) is 24.1. The molecule has 200 valence electrons. The maximum atomic E-state index is 15.5. The number of nitrogens with one attached hydrogen (secondary N) is 1. The summed E-state index contributed by atoms with van der Waals surface area (Å²) >= 11 is 0. The lowest BCUT2D eigenvalue weighted by molar-refractivity contribution is -0.127. The fraction of sp³-hybridized carbons (Fsp3) is 0.241. The number of nitrogens with zero attached hydrogens (tertiary/aromatic N) is 7. The number of ether oxygens (including phenoxy) is 1. The summed E-state index contributed by atoms with van der Waals surface area (Å²) in [5.41, 5.74) is 3.40. The number of hydrogen-bond acceptors (Lipinski definition) is 8. The van der Waals surface area contributed by atoms with E-state index >= 15 is 4.39 Å². The summed E-state index contributed by atoms with van der Waals surface area (Å²) < 4.78 is 23.1. The van der Waals surface area contributed by atoms with Crippen molar-refractivity contribution >= 4 is 34.1 Å². The number of benzene rings is 1. The number of pyridine rings is 2. The second kappa shape index (κ2) is 9.37. The summed E-state index contributed by atoms with van der Waals surface area (Å²) in [7, 11) is 0. The molecular formula is C29H25FN8O2. The van der Waals surface area contributed by atoms with E-state index in [0.717, 1.165) is 18.5 Å². The lowest BCUT2D eigenvalue weighted by Gasteiger charge is -2.30. The number of halogens is 1. The lowest BCUT2D eigenvalue weighted by atomic mass is 9.90. The third kappa shape index (κ3) is 4.01. The third-order valence-electron chi connectivity index (χ3n) is 7.95. The van der Waals surface area contributed by atoms with Gasteiger partial charge in [0.15, 0.2) is 17.3 Å². The molecule has 4 aromatic heterocycles. The molecule has 11 heteroatoms. The fourth-order valence-corrected chi connectivity index (χ4v) is 5.95. The van der Waals surface area contributed by atoms with Crippen molar-refractivity contribution in [1.82, 2.24) is 34.4 Å². The molecule has 40 heavy (non-hydrogen) atoms. The summed E-state index contributed by atoms with van der Waals surface area (Å²) in [5, 5.41) is 7.19. The van der Waals surface area contributed by atoms with E-state index in [9.17, 15) is 4.79 Å². The van der Waals surface area contributed by atoms with Crippen LogP contribution in [-0.2, 0) is 4.79 Å². The van der Waals surface area contributed by atoms with E-state index in [1.165, 1.54) is 18.7 Å². The van der Waals surface area contributed by atoms with Crippen LogP contribution in [0.25, 0.3) is 16.7 Å². The minimum atomic E-state index is -0.455. The van der Waals surface area contributed by atoms with Crippen molar-refractivity contribution in [3.05, 3.63) is 85.0 Å². The molecule has 2 aliphatic rings. The Morgan fingerprint density at radius 1 is 1.15 bits per heavy atom. The Balaban J connectivity index is 1.15. The Morgan fingerprint density at radius 2 is 2.05 bits per heavy atom. The van der Waals surface area contributed by atoms with Crippen LogP contribution in [0.5, 0.6) is 11.5 Å². The van der Waals surface area contributed by atoms with E-state index in [0.29, 0.717) is 52.0 Å². The molecule has 3 atom stereocenters. The normalized spacial score (nSPS) is 19.9. The standard InChI is InChI=1S/C29H25FN8O2/c1-3-26(39)37-13-17-10-18(37)11-20(17)21-4-5-23-28(35-21)29(33-14-31-23)36-22-6-7-24(16(2)27(22)30)40-19-8-9-38-25(12-19)32-15-34-38/h3-9,12,14-15,17-18,20H,1,10-11,13H2,2H3,(H,31,33,36)/t17-,18-,20?/m0/s1. The summed E-state index contributed by atoms with van der Waals surface area (Å²) in [6, 6.07) is 10.9. The van der Waals surface area contributed by atoms with Crippen LogP contribution in [0.1, 0.15) is 30.0 Å². The van der Waals surface area contributed by atoms with Crippen molar-refractivity contribution in [1.29, 1.82) is 0 Å². The number of rotatable bonds is 6. The molecule has 2 fully saturated rings. The Bertz CT molecular complexity index is 1800. The second-order valence-electron chi connectivity index (χ2n) is 10.2. The Hall–Kier alpha value is -4.93. The number of anilines is 2. The lowest BCUT2D eigenvalue weighted by Crippen LogP contribution is -2.38. The number of likely N-dealkylation sites (tertiary alicyclic amines) is 1. The number of carbonyl (C=O) groups is 1. The second-order valence-corrected chi connectivity index (χ2v) is 10.2. The minimum absolute atomic E-state index is 0.0116. The van der Waals surface area contributed by atoms with E-state index in [-0.39, 0.29) is 23.6 Å².